The number of ether oxygens (including phenoxy) is 1. The molecule has 0 aliphatic carbocycles. The molecule has 0 saturated carbocycles. The maximum atomic E-state index is 11.8. The highest BCUT2D eigenvalue weighted by Gasteiger charge is 2.18. The van der Waals surface area contributed by atoms with Gasteiger partial charge in [-0.1, -0.05) is 0 Å². The minimum Gasteiger partial charge on any atom is -0.391 e. The first-order chi connectivity index (χ1) is 7.49. The van der Waals surface area contributed by atoms with E-state index in [2.05, 4.69) is 4.72 Å². The van der Waals surface area contributed by atoms with Gasteiger partial charge in [-0.2, -0.15) is 0 Å². The molecule has 0 fully saturated rings. The summed E-state index contributed by atoms with van der Waals surface area (Å²) in [5, 5.41) is 10.4. The third kappa shape index (κ3) is 3.53. The molecule has 0 spiro atoms. The SMILES string of the molecule is COCC(C)NS(=O)(=O)c1csc(CO)c1. The standard InChI is InChI=1S/C9H15NO4S2/c1-7(5-14-2)10-16(12,13)9-3-8(4-11)15-6-9/h3,6-7,10-11H,4-5H2,1-2H3. The van der Waals surface area contributed by atoms with Gasteiger partial charge in [0.1, 0.15) is 0 Å². The first kappa shape index (κ1) is 13.6. The van der Waals surface area contributed by atoms with Crippen LogP contribution in [0, 0.1) is 0 Å². The number of nitrogens with one attached hydrogen (secondary N) is 1. The molecule has 0 amide bonds. The zero-order valence-electron chi connectivity index (χ0n) is 9.13. The second-order valence-corrected chi connectivity index (χ2v) is 6.09. The number of sulfonamides is 1. The van der Waals surface area contributed by atoms with E-state index in [1.54, 1.807) is 6.92 Å². The fourth-order valence-electron chi connectivity index (χ4n) is 1.20. The van der Waals surface area contributed by atoms with Gasteiger partial charge in [0.25, 0.3) is 0 Å². The van der Waals surface area contributed by atoms with Crippen LogP contribution in [-0.2, 0) is 21.4 Å². The van der Waals surface area contributed by atoms with Gasteiger partial charge in [0.2, 0.25) is 10.0 Å². The van der Waals surface area contributed by atoms with E-state index in [9.17, 15) is 8.42 Å². The van der Waals surface area contributed by atoms with Crippen molar-refractivity contribution < 1.29 is 18.3 Å². The predicted octanol–water partition coefficient (Wildman–Crippen LogP) is 0.554. The number of rotatable bonds is 6. The van der Waals surface area contributed by atoms with E-state index < -0.39 is 10.0 Å². The molecule has 0 bridgehead atoms. The fourth-order valence-corrected chi connectivity index (χ4v) is 3.56. The maximum absolute atomic E-state index is 11.8. The predicted molar refractivity (Wildman–Crippen MR) is 61.9 cm³/mol. The smallest absolute Gasteiger partial charge is 0.241 e. The Kier molecular flexibility index (Phi) is 4.88. The number of hydrogen-bond donors (Lipinski definition) is 2. The van der Waals surface area contributed by atoms with Crippen LogP contribution in [0.1, 0.15) is 11.8 Å². The van der Waals surface area contributed by atoms with Crippen LogP contribution in [0.15, 0.2) is 16.3 Å². The first-order valence-electron chi connectivity index (χ1n) is 4.69. The summed E-state index contributed by atoms with van der Waals surface area (Å²) in [5.41, 5.74) is 0. The Morgan fingerprint density at radius 1 is 1.62 bits per heavy atom. The van der Waals surface area contributed by atoms with Crippen LogP contribution in [0.25, 0.3) is 0 Å². The topological polar surface area (TPSA) is 75.6 Å². The van der Waals surface area contributed by atoms with E-state index in [0.29, 0.717) is 11.5 Å². The highest BCUT2D eigenvalue weighted by atomic mass is 32.2. The lowest BCUT2D eigenvalue weighted by Gasteiger charge is -2.11. The third-order valence-corrected chi connectivity index (χ3v) is 4.51. The Balaban J connectivity index is 2.77. The molecule has 1 aromatic rings. The molecular weight excluding hydrogens is 250 g/mol. The van der Waals surface area contributed by atoms with E-state index in [1.165, 1.54) is 29.9 Å². The van der Waals surface area contributed by atoms with Crippen molar-refractivity contribution in [2.24, 2.45) is 0 Å². The molecule has 0 saturated heterocycles. The lowest BCUT2D eigenvalue weighted by Crippen LogP contribution is -2.35. The average molecular weight is 265 g/mol. The van der Waals surface area contributed by atoms with Gasteiger partial charge in [-0.15, -0.1) is 11.3 Å². The summed E-state index contributed by atoms with van der Waals surface area (Å²) in [4.78, 5) is 0.810. The summed E-state index contributed by atoms with van der Waals surface area (Å²) in [7, 11) is -1.99. The maximum Gasteiger partial charge on any atom is 0.241 e. The van der Waals surface area contributed by atoms with Crippen LogP contribution in [0.3, 0.4) is 0 Å². The zero-order valence-corrected chi connectivity index (χ0v) is 10.8. The van der Waals surface area contributed by atoms with Crippen molar-refractivity contribution in [1.29, 1.82) is 0 Å². The summed E-state index contributed by atoms with van der Waals surface area (Å²) in [5.74, 6) is 0. The zero-order chi connectivity index (χ0) is 12.2. The Morgan fingerprint density at radius 2 is 2.31 bits per heavy atom. The summed E-state index contributed by atoms with van der Waals surface area (Å²) >= 11 is 1.22. The molecule has 1 rings (SSSR count). The Hall–Kier alpha value is -0.470. The van der Waals surface area contributed by atoms with Crippen LogP contribution in [0.2, 0.25) is 0 Å². The Morgan fingerprint density at radius 3 is 2.81 bits per heavy atom. The quantitative estimate of drug-likeness (QED) is 0.788. The number of aliphatic hydroxyl groups excluding tert-OH is 1. The van der Waals surface area contributed by atoms with E-state index >= 15 is 0 Å². The summed E-state index contributed by atoms with van der Waals surface area (Å²) < 4.78 is 30.9. The molecule has 1 heterocycles. The average Bonchev–Trinajstić information content (AvgIpc) is 2.65. The summed E-state index contributed by atoms with van der Waals surface area (Å²) in [6.07, 6.45) is 0. The molecule has 7 heteroatoms. The van der Waals surface area contributed by atoms with Crippen molar-refractivity contribution in [2.45, 2.75) is 24.5 Å². The first-order valence-corrected chi connectivity index (χ1v) is 7.05. The lowest BCUT2D eigenvalue weighted by molar-refractivity contribution is 0.180. The molecule has 1 atom stereocenters. The Bertz CT molecular complexity index is 426. The van der Waals surface area contributed by atoms with Gasteiger partial charge in [-0.3, -0.25) is 0 Å². The molecular formula is C9H15NO4S2. The second kappa shape index (κ2) is 5.74. The van der Waals surface area contributed by atoms with Gasteiger partial charge in [-0.25, -0.2) is 13.1 Å². The van der Waals surface area contributed by atoms with Crippen LogP contribution in [-0.4, -0.2) is 33.3 Å². The van der Waals surface area contributed by atoms with Crippen molar-refractivity contribution in [3.63, 3.8) is 0 Å². The van der Waals surface area contributed by atoms with Crippen molar-refractivity contribution in [3.05, 3.63) is 16.3 Å². The summed E-state index contributed by atoms with van der Waals surface area (Å²) in [6, 6.07) is 1.18. The molecule has 0 aromatic carbocycles. The van der Waals surface area contributed by atoms with E-state index in [1.807, 2.05) is 0 Å². The van der Waals surface area contributed by atoms with Gasteiger partial charge < -0.3 is 9.84 Å². The molecule has 5 nitrogen and oxygen atoms in total. The van der Waals surface area contributed by atoms with Crippen molar-refractivity contribution >= 4 is 21.4 Å². The number of hydrogen-bond acceptors (Lipinski definition) is 5. The van der Waals surface area contributed by atoms with Crippen LogP contribution in [0.5, 0.6) is 0 Å². The lowest BCUT2D eigenvalue weighted by atomic mass is 10.4. The van der Waals surface area contributed by atoms with Crippen molar-refractivity contribution in [2.75, 3.05) is 13.7 Å². The molecule has 92 valence electrons. The fraction of sp³-hybridized carbons (Fsp3) is 0.556. The van der Waals surface area contributed by atoms with Crippen molar-refractivity contribution in [3.8, 4) is 0 Å². The normalized spacial score (nSPS) is 13.9. The molecule has 0 radical (unpaired) electrons. The molecule has 0 aliphatic rings. The van der Waals surface area contributed by atoms with Gasteiger partial charge in [0.15, 0.2) is 0 Å². The molecule has 1 unspecified atom stereocenters. The van der Waals surface area contributed by atoms with Crippen molar-refractivity contribution in [1.82, 2.24) is 4.72 Å². The monoisotopic (exact) mass is 265 g/mol. The second-order valence-electron chi connectivity index (χ2n) is 3.38. The van der Waals surface area contributed by atoms with E-state index in [4.69, 9.17) is 9.84 Å². The number of aliphatic hydroxyl groups is 1. The third-order valence-electron chi connectivity index (χ3n) is 1.87. The van der Waals surface area contributed by atoms with Crippen LogP contribution >= 0.6 is 11.3 Å². The van der Waals surface area contributed by atoms with Gasteiger partial charge in [-0.05, 0) is 13.0 Å². The molecule has 16 heavy (non-hydrogen) atoms. The highest BCUT2D eigenvalue weighted by molar-refractivity contribution is 7.89. The molecule has 0 aliphatic heterocycles. The van der Waals surface area contributed by atoms with Gasteiger partial charge >= 0.3 is 0 Å². The molecule has 1 aromatic heterocycles. The largest absolute Gasteiger partial charge is 0.391 e. The van der Waals surface area contributed by atoms with Crippen LogP contribution < -0.4 is 4.72 Å². The van der Waals surface area contributed by atoms with Gasteiger partial charge in [0.05, 0.1) is 18.1 Å². The number of thiophene rings is 1. The minimum absolute atomic E-state index is 0.145. The highest BCUT2D eigenvalue weighted by Crippen LogP contribution is 2.19. The van der Waals surface area contributed by atoms with Crippen LogP contribution in [0.4, 0.5) is 0 Å². The van der Waals surface area contributed by atoms with E-state index in [0.717, 1.165) is 0 Å². The summed E-state index contributed by atoms with van der Waals surface area (Å²) in [6.45, 7) is 1.89. The minimum atomic E-state index is -3.50. The Labute approximate surface area is 99.1 Å². The van der Waals surface area contributed by atoms with E-state index in [-0.39, 0.29) is 17.5 Å². The number of methoxy groups -OCH3 is 1. The molecule has 2 N–H and O–H groups in total. The van der Waals surface area contributed by atoms with Gasteiger partial charge in [0, 0.05) is 23.4 Å².